The molecule has 3 nitrogen and oxygen atoms in total. The van der Waals surface area contributed by atoms with Crippen LogP contribution in [0, 0.1) is 0 Å². The van der Waals surface area contributed by atoms with Gasteiger partial charge in [-0.25, -0.2) is 0 Å². The van der Waals surface area contributed by atoms with Gasteiger partial charge in [0.15, 0.2) is 0 Å². The van der Waals surface area contributed by atoms with Crippen molar-refractivity contribution >= 4 is 31.9 Å². The van der Waals surface area contributed by atoms with Crippen molar-refractivity contribution in [1.82, 2.24) is 5.32 Å². The molecule has 0 fully saturated rings. The van der Waals surface area contributed by atoms with E-state index < -0.39 is 0 Å². The number of hydrogen-bond donors (Lipinski definition) is 1. The van der Waals surface area contributed by atoms with Crippen LogP contribution >= 0.6 is 31.9 Å². The molecule has 0 atom stereocenters. The average molecular weight is 407 g/mol. The lowest BCUT2D eigenvalue weighted by molar-refractivity contribution is 0.157. The number of benzene rings is 1. The van der Waals surface area contributed by atoms with Gasteiger partial charge >= 0.3 is 0 Å². The Morgan fingerprint density at radius 1 is 1.35 bits per heavy atom. The Balaban J connectivity index is 2.48. The first-order valence-electron chi connectivity index (χ1n) is 6.58. The normalized spacial score (nSPS) is 10.6. The Labute approximate surface area is 138 Å². The molecule has 112 valence electrons. The van der Waals surface area contributed by atoms with Gasteiger partial charge in [0.05, 0.1) is 24.3 Å². The molecule has 0 unspecified atom stereocenters. The minimum absolute atomic E-state index is 0.619. The van der Waals surface area contributed by atoms with E-state index in [0.29, 0.717) is 19.8 Å². The third-order valence-corrected chi connectivity index (χ3v) is 3.51. The van der Waals surface area contributed by atoms with Crippen molar-refractivity contribution < 1.29 is 9.47 Å². The number of ether oxygens (including phenoxy) is 2. The summed E-state index contributed by atoms with van der Waals surface area (Å²) in [5, 5.41) is 3.35. The summed E-state index contributed by atoms with van der Waals surface area (Å²) in [6.07, 6.45) is 0. The maximum Gasteiger partial charge on any atom is 0.138 e. The first kappa shape index (κ1) is 17.7. The van der Waals surface area contributed by atoms with Gasteiger partial charge in [0.1, 0.15) is 5.75 Å². The molecule has 0 amide bonds. The molecule has 1 aromatic rings. The van der Waals surface area contributed by atoms with Crippen molar-refractivity contribution in [3.8, 4) is 5.75 Å². The molecular formula is C15H21Br2NO2. The first-order chi connectivity index (χ1) is 9.54. The van der Waals surface area contributed by atoms with E-state index in [1.165, 1.54) is 0 Å². The zero-order valence-electron chi connectivity index (χ0n) is 12.0. The molecule has 1 rings (SSSR count). The van der Waals surface area contributed by atoms with Crippen molar-refractivity contribution in [3.05, 3.63) is 38.8 Å². The molecule has 0 aliphatic carbocycles. The minimum atomic E-state index is 0.619. The highest BCUT2D eigenvalue weighted by atomic mass is 79.9. The molecule has 0 bridgehead atoms. The van der Waals surface area contributed by atoms with Gasteiger partial charge in [-0.2, -0.15) is 0 Å². The Bertz CT molecular complexity index is 450. The summed E-state index contributed by atoms with van der Waals surface area (Å²) < 4.78 is 13.1. The van der Waals surface area contributed by atoms with Crippen LogP contribution in [0.1, 0.15) is 19.4 Å². The van der Waals surface area contributed by atoms with Crippen molar-refractivity contribution in [2.24, 2.45) is 0 Å². The van der Waals surface area contributed by atoms with Crippen LogP contribution in [0.4, 0.5) is 0 Å². The minimum Gasteiger partial charge on any atom is -0.492 e. The largest absolute Gasteiger partial charge is 0.492 e. The number of nitrogens with one attached hydrogen (secondary N) is 1. The Hall–Kier alpha value is -0.360. The fourth-order valence-electron chi connectivity index (χ4n) is 1.66. The predicted octanol–water partition coefficient (Wildman–Crippen LogP) is 4.29. The highest BCUT2D eigenvalue weighted by Gasteiger charge is 2.09. The molecule has 20 heavy (non-hydrogen) atoms. The van der Waals surface area contributed by atoms with Crippen molar-refractivity contribution in [1.29, 1.82) is 0 Å². The molecule has 0 heterocycles. The Morgan fingerprint density at radius 3 is 2.75 bits per heavy atom. The molecule has 0 aliphatic rings. The van der Waals surface area contributed by atoms with E-state index in [0.717, 1.165) is 38.9 Å². The quantitative estimate of drug-likeness (QED) is 0.490. The van der Waals surface area contributed by atoms with Crippen LogP contribution < -0.4 is 10.1 Å². The summed E-state index contributed by atoms with van der Waals surface area (Å²) in [5.41, 5.74) is 2.16. The molecule has 0 saturated carbocycles. The predicted molar refractivity (Wildman–Crippen MR) is 90.4 cm³/mol. The van der Waals surface area contributed by atoms with E-state index in [4.69, 9.17) is 9.47 Å². The second-order valence-electron chi connectivity index (χ2n) is 4.50. The van der Waals surface area contributed by atoms with Gasteiger partial charge in [0.2, 0.25) is 0 Å². The average Bonchev–Trinajstić information content (AvgIpc) is 2.37. The van der Waals surface area contributed by atoms with Crippen LogP contribution in [-0.2, 0) is 11.3 Å². The molecule has 0 spiro atoms. The van der Waals surface area contributed by atoms with Gasteiger partial charge in [0, 0.05) is 23.1 Å². The van der Waals surface area contributed by atoms with Gasteiger partial charge in [-0.15, -0.1) is 0 Å². The second kappa shape index (κ2) is 9.55. The molecule has 5 heteroatoms. The van der Waals surface area contributed by atoms with E-state index in [2.05, 4.69) is 49.8 Å². The summed E-state index contributed by atoms with van der Waals surface area (Å²) in [5.74, 6) is 0.894. The maximum atomic E-state index is 5.68. The van der Waals surface area contributed by atoms with Gasteiger partial charge in [-0.1, -0.05) is 28.1 Å². The molecule has 0 saturated heterocycles. The van der Waals surface area contributed by atoms with Crippen LogP contribution in [0.15, 0.2) is 33.2 Å². The van der Waals surface area contributed by atoms with E-state index in [1.54, 1.807) is 0 Å². The smallest absolute Gasteiger partial charge is 0.138 e. The zero-order valence-corrected chi connectivity index (χ0v) is 15.1. The highest BCUT2D eigenvalue weighted by molar-refractivity contribution is 9.11. The van der Waals surface area contributed by atoms with E-state index in [1.807, 2.05) is 19.9 Å². The third-order valence-electron chi connectivity index (χ3n) is 2.46. The maximum absolute atomic E-state index is 5.68. The molecule has 0 aromatic heterocycles. The van der Waals surface area contributed by atoms with Crippen molar-refractivity contribution in [2.75, 3.05) is 26.4 Å². The number of halogens is 2. The topological polar surface area (TPSA) is 30.5 Å². The number of rotatable bonds is 9. The Kier molecular flexibility index (Phi) is 8.45. The fourth-order valence-corrected chi connectivity index (χ4v) is 3.09. The van der Waals surface area contributed by atoms with Crippen LogP contribution in [-0.4, -0.2) is 26.4 Å². The van der Waals surface area contributed by atoms with E-state index in [9.17, 15) is 0 Å². The van der Waals surface area contributed by atoms with Gasteiger partial charge in [0.25, 0.3) is 0 Å². The SMILES string of the molecule is C=C(C)COCCNCc1cc(Br)cc(Br)c1OCC. The molecular weight excluding hydrogens is 386 g/mol. The first-order valence-corrected chi connectivity index (χ1v) is 8.16. The molecule has 0 radical (unpaired) electrons. The van der Waals surface area contributed by atoms with Gasteiger partial charge in [-0.05, 0) is 41.9 Å². The highest BCUT2D eigenvalue weighted by Crippen LogP contribution is 2.32. The van der Waals surface area contributed by atoms with Crippen molar-refractivity contribution in [2.45, 2.75) is 20.4 Å². The standard InChI is InChI=1S/C15H21Br2NO2/c1-4-20-15-12(7-13(16)8-14(15)17)9-18-5-6-19-10-11(2)3/h7-8,18H,2,4-6,9-10H2,1,3H3. The molecule has 1 aromatic carbocycles. The third kappa shape index (κ3) is 6.39. The lowest BCUT2D eigenvalue weighted by Crippen LogP contribution is -2.20. The second-order valence-corrected chi connectivity index (χ2v) is 6.27. The lowest BCUT2D eigenvalue weighted by atomic mass is 10.2. The fraction of sp³-hybridized carbons (Fsp3) is 0.467. The van der Waals surface area contributed by atoms with Crippen LogP contribution in [0.5, 0.6) is 5.75 Å². The summed E-state index contributed by atoms with van der Waals surface area (Å²) >= 11 is 7.03. The van der Waals surface area contributed by atoms with Crippen LogP contribution in [0.3, 0.4) is 0 Å². The summed E-state index contributed by atoms with van der Waals surface area (Å²) in [4.78, 5) is 0. The Morgan fingerprint density at radius 2 is 2.10 bits per heavy atom. The van der Waals surface area contributed by atoms with E-state index in [-0.39, 0.29) is 0 Å². The van der Waals surface area contributed by atoms with Crippen molar-refractivity contribution in [3.63, 3.8) is 0 Å². The summed E-state index contributed by atoms with van der Waals surface area (Å²) in [6, 6.07) is 4.06. The van der Waals surface area contributed by atoms with Gasteiger partial charge < -0.3 is 14.8 Å². The monoisotopic (exact) mass is 405 g/mol. The van der Waals surface area contributed by atoms with E-state index >= 15 is 0 Å². The van der Waals surface area contributed by atoms with Gasteiger partial charge in [-0.3, -0.25) is 0 Å². The zero-order chi connectivity index (χ0) is 15.0. The summed E-state index contributed by atoms with van der Waals surface area (Å²) in [6.45, 7) is 11.2. The molecule has 0 aliphatic heterocycles. The molecule has 1 N–H and O–H groups in total. The summed E-state index contributed by atoms with van der Waals surface area (Å²) in [7, 11) is 0. The van der Waals surface area contributed by atoms with Crippen LogP contribution in [0.2, 0.25) is 0 Å². The lowest BCUT2D eigenvalue weighted by Gasteiger charge is -2.14. The van der Waals surface area contributed by atoms with Crippen LogP contribution in [0.25, 0.3) is 0 Å². The number of hydrogen-bond acceptors (Lipinski definition) is 3.